The highest BCUT2D eigenvalue weighted by molar-refractivity contribution is 5.85. The normalized spacial score (nSPS) is 10.8. The Bertz CT molecular complexity index is 336. The van der Waals surface area contributed by atoms with Crippen LogP contribution in [0.4, 0.5) is 0 Å². The lowest BCUT2D eigenvalue weighted by molar-refractivity contribution is 0.0504. The molecular formula is C9H17N5O2. The van der Waals surface area contributed by atoms with Crippen LogP contribution in [0.25, 0.3) is 0 Å². The zero-order chi connectivity index (χ0) is 12.0. The Labute approximate surface area is 94.4 Å². The molecule has 0 aliphatic carbocycles. The highest BCUT2D eigenvalue weighted by Gasteiger charge is 2.15. The van der Waals surface area contributed by atoms with E-state index in [2.05, 4.69) is 20.4 Å². The molecule has 0 unspecified atom stereocenters. The average Bonchev–Trinajstić information content (AvgIpc) is 2.66. The number of ether oxygens (including phenoxy) is 1. The van der Waals surface area contributed by atoms with E-state index < -0.39 is 5.97 Å². The van der Waals surface area contributed by atoms with Gasteiger partial charge < -0.3 is 9.64 Å². The average molecular weight is 227 g/mol. The lowest BCUT2D eigenvalue weighted by Gasteiger charge is -2.09. The third-order valence-corrected chi connectivity index (χ3v) is 1.97. The molecule has 0 aromatic carbocycles. The minimum atomic E-state index is -0.475. The van der Waals surface area contributed by atoms with E-state index in [9.17, 15) is 4.79 Å². The Kier molecular flexibility index (Phi) is 4.84. The summed E-state index contributed by atoms with van der Waals surface area (Å²) in [6, 6.07) is 0. The van der Waals surface area contributed by atoms with Gasteiger partial charge in [-0.2, -0.15) is 0 Å². The first-order valence-electron chi connectivity index (χ1n) is 5.23. The lowest BCUT2D eigenvalue weighted by Crippen LogP contribution is -2.18. The standard InChI is InChI=1S/C9H17N5O2/c1-4-16-9(15)8-10-11-12-14(8)7-5-6-13(2)3/h4-7H2,1-3H3. The van der Waals surface area contributed by atoms with Gasteiger partial charge in [-0.15, -0.1) is 5.10 Å². The second-order valence-corrected chi connectivity index (χ2v) is 3.60. The van der Waals surface area contributed by atoms with Crippen LogP contribution in [0.2, 0.25) is 0 Å². The Balaban J connectivity index is 2.53. The number of hydrogen-bond donors (Lipinski definition) is 0. The summed E-state index contributed by atoms with van der Waals surface area (Å²) < 4.78 is 6.32. The quantitative estimate of drug-likeness (QED) is 0.627. The number of carbonyl (C=O) groups is 1. The van der Waals surface area contributed by atoms with Crippen molar-refractivity contribution in [2.45, 2.75) is 19.9 Å². The molecule has 0 radical (unpaired) electrons. The van der Waals surface area contributed by atoms with Gasteiger partial charge in [-0.25, -0.2) is 9.48 Å². The number of nitrogens with zero attached hydrogens (tertiary/aromatic N) is 5. The molecular weight excluding hydrogens is 210 g/mol. The summed E-state index contributed by atoms with van der Waals surface area (Å²) >= 11 is 0. The van der Waals surface area contributed by atoms with Crippen LogP contribution in [0.1, 0.15) is 24.0 Å². The van der Waals surface area contributed by atoms with Crippen molar-refractivity contribution < 1.29 is 9.53 Å². The molecule has 0 spiro atoms. The predicted octanol–water partition coefficient (Wildman–Crippen LogP) is -0.198. The molecule has 1 rings (SSSR count). The molecule has 1 aromatic rings. The van der Waals surface area contributed by atoms with Crippen molar-refractivity contribution in [1.29, 1.82) is 0 Å². The number of aromatic nitrogens is 4. The molecule has 0 aliphatic heterocycles. The largest absolute Gasteiger partial charge is 0.460 e. The van der Waals surface area contributed by atoms with Gasteiger partial charge in [0.1, 0.15) is 0 Å². The smallest absolute Gasteiger partial charge is 0.378 e. The molecule has 0 atom stereocenters. The van der Waals surface area contributed by atoms with E-state index in [0.29, 0.717) is 13.2 Å². The van der Waals surface area contributed by atoms with Gasteiger partial charge in [-0.05, 0) is 44.4 Å². The van der Waals surface area contributed by atoms with Crippen LogP contribution in [0.3, 0.4) is 0 Å². The molecule has 16 heavy (non-hydrogen) atoms. The summed E-state index contributed by atoms with van der Waals surface area (Å²) in [5.41, 5.74) is 0. The van der Waals surface area contributed by atoms with Crippen molar-refractivity contribution in [1.82, 2.24) is 25.1 Å². The van der Waals surface area contributed by atoms with Crippen molar-refractivity contribution in [3.63, 3.8) is 0 Å². The minimum absolute atomic E-state index is 0.167. The maximum absolute atomic E-state index is 11.4. The number of hydrogen-bond acceptors (Lipinski definition) is 6. The minimum Gasteiger partial charge on any atom is -0.460 e. The molecule has 1 heterocycles. The van der Waals surface area contributed by atoms with Gasteiger partial charge in [-0.3, -0.25) is 0 Å². The highest BCUT2D eigenvalue weighted by atomic mass is 16.5. The van der Waals surface area contributed by atoms with Crippen molar-refractivity contribution in [2.75, 3.05) is 27.2 Å². The van der Waals surface area contributed by atoms with Gasteiger partial charge in [0.2, 0.25) is 0 Å². The summed E-state index contributed by atoms with van der Waals surface area (Å²) in [7, 11) is 3.98. The number of rotatable bonds is 6. The van der Waals surface area contributed by atoms with E-state index >= 15 is 0 Å². The second kappa shape index (κ2) is 6.16. The molecule has 0 saturated carbocycles. The fraction of sp³-hybridized carbons (Fsp3) is 0.778. The molecule has 7 heteroatoms. The van der Waals surface area contributed by atoms with Crippen LogP contribution in [0, 0.1) is 0 Å². The fourth-order valence-corrected chi connectivity index (χ4v) is 1.23. The van der Waals surface area contributed by atoms with E-state index in [0.717, 1.165) is 13.0 Å². The van der Waals surface area contributed by atoms with Gasteiger partial charge in [0.25, 0.3) is 5.82 Å². The SMILES string of the molecule is CCOC(=O)c1nnnn1CCCN(C)C. The lowest BCUT2D eigenvalue weighted by atomic mass is 10.4. The Morgan fingerprint density at radius 3 is 2.88 bits per heavy atom. The first-order valence-corrected chi connectivity index (χ1v) is 5.23. The second-order valence-electron chi connectivity index (χ2n) is 3.60. The zero-order valence-corrected chi connectivity index (χ0v) is 9.88. The maximum Gasteiger partial charge on any atom is 0.378 e. The summed E-state index contributed by atoms with van der Waals surface area (Å²) in [4.78, 5) is 13.5. The number of carbonyl (C=O) groups excluding carboxylic acids is 1. The molecule has 0 saturated heterocycles. The summed E-state index contributed by atoms with van der Waals surface area (Å²) in [5.74, 6) is -0.307. The van der Waals surface area contributed by atoms with Crippen LogP contribution >= 0.6 is 0 Å². The first kappa shape index (κ1) is 12.6. The highest BCUT2D eigenvalue weighted by Crippen LogP contribution is 1.98. The van der Waals surface area contributed by atoms with Crippen LogP contribution < -0.4 is 0 Å². The molecule has 90 valence electrons. The zero-order valence-electron chi connectivity index (χ0n) is 9.88. The van der Waals surface area contributed by atoms with E-state index in [4.69, 9.17) is 4.74 Å². The van der Waals surface area contributed by atoms with Crippen LogP contribution in [-0.4, -0.2) is 58.3 Å². The van der Waals surface area contributed by atoms with Gasteiger partial charge in [0.15, 0.2) is 0 Å². The molecule has 0 aliphatic rings. The van der Waals surface area contributed by atoms with Crippen LogP contribution in [0.5, 0.6) is 0 Å². The van der Waals surface area contributed by atoms with Crippen molar-refractivity contribution in [3.8, 4) is 0 Å². The number of tetrazole rings is 1. The van der Waals surface area contributed by atoms with E-state index in [1.54, 1.807) is 6.92 Å². The molecule has 1 aromatic heterocycles. The topological polar surface area (TPSA) is 73.1 Å². The molecule has 0 bridgehead atoms. The first-order chi connectivity index (χ1) is 7.65. The summed E-state index contributed by atoms with van der Waals surface area (Å²) in [5, 5.41) is 10.9. The monoisotopic (exact) mass is 227 g/mol. The van der Waals surface area contributed by atoms with Gasteiger partial charge in [-0.1, -0.05) is 0 Å². The van der Waals surface area contributed by atoms with Crippen LogP contribution in [0.15, 0.2) is 0 Å². The van der Waals surface area contributed by atoms with Crippen molar-refractivity contribution >= 4 is 5.97 Å². The molecule has 0 amide bonds. The third-order valence-electron chi connectivity index (χ3n) is 1.97. The Hall–Kier alpha value is -1.50. The number of aryl methyl sites for hydroxylation is 1. The molecule has 0 fully saturated rings. The maximum atomic E-state index is 11.4. The Morgan fingerprint density at radius 1 is 1.50 bits per heavy atom. The van der Waals surface area contributed by atoms with Gasteiger partial charge in [0, 0.05) is 6.54 Å². The molecule has 0 N–H and O–H groups in total. The summed E-state index contributed by atoms with van der Waals surface area (Å²) in [6.07, 6.45) is 0.879. The third kappa shape index (κ3) is 3.58. The predicted molar refractivity (Wildman–Crippen MR) is 56.9 cm³/mol. The van der Waals surface area contributed by atoms with Crippen LogP contribution in [-0.2, 0) is 11.3 Å². The van der Waals surface area contributed by atoms with E-state index in [1.807, 2.05) is 14.1 Å². The number of esters is 1. The van der Waals surface area contributed by atoms with E-state index in [1.165, 1.54) is 4.68 Å². The van der Waals surface area contributed by atoms with Gasteiger partial charge >= 0.3 is 5.97 Å². The molecule has 7 nitrogen and oxygen atoms in total. The van der Waals surface area contributed by atoms with Crippen molar-refractivity contribution in [3.05, 3.63) is 5.82 Å². The van der Waals surface area contributed by atoms with E-state index in [-0.39, 0.29) is 5.82 Å². The van der Waals surface area contributed by atoms with Gasteiger partial charge in [0.05, 0.1) is 6.61 Å². The van der Waals surface area contributed by atoms with Crippen molar-refractivity contribution in [2.24, 2.45) is 0 Å². The Morgan fingerprint density at radius 2 is 2.25 bits per heavy atom. The summed E-state index contributed by atoms with van der Waals surface area (Å²) in [6.45, 7) is 3.60. The fourth-order valence-electron chi connectivity index (χ4n) is 1.23.